The first-order valence-corrected chi connectivity index (χ1v) is 7.27. The van der Waals surface area contributed by atoms with Crippen molar-refractivity contribution in [1.82, 2.24) is 5.43 Å². The number of carbonyl (C=O) groups excluding carboxylic acids is 1. The van der Waals surface area contributed by atoms with Crippen LogP contribution in [0.15, 0.2) is 53.6 Å². The van der Waals surface area contributed by atoms with E-state index in [9.17, 15) is 14.9 Å². The van der Waals surface area contributed by atoms with Gasteiger partial charge in [0.1, 0.15) is 0 Å². The second-order valence-electron chi connectivity index (χ2n) is 5.13. The minimum Gasteiger partial charge on any atom is -0.474 e. The van der Waals surface area contributed by atoms with E-state index < -0.39 is 16.9 Å². The number of nitrogens with zero attached hydrogens (tertiary/aromatic N) is 2. The van der Waals surface area contributed by atoms with E-state index in [1.54, 1.807) is 6.07 Å². The summed E-state index contributed by atoms with van der Waals surface area (Å²) in [4.78, 5) is 22.3. The van der Waals surface area contributed by atoms with Crippen molar-refractivity contribution in [2.45, 2.75) is 20.0 Å². The Balaban J connectivity index is 1.97. The minimum atomic E-state index is -0.930. The van der Waals surface area contributed by atoms with Gasteiger partial charge in [-0.25, -0.2) is 5.43 Å². The number of amides is 1. The van der Waals surface area contributed by atoms with Gasteiger partial charge in [0.15, 0.2) is 11.9 Å². The fraction of sp³-hybridized carbons (Fsp3) is 0.176. The largest absolute Gasteiger partial charge is 0.474 e. The Kier molecular flexibility index (Phi) is 5.62. The van der Waals surface area contributed by atoms with Gasteiger partial charge in [0.2, 0.25) is 0 Å². The number of hydrogen-bond acceptors (Lipinski definition) is 5. The third-order valence-corrected chi connectivity index (χ3v) is 3.17. The van der Waals surface area contributed by atoms with Crippen molar-refractivity contribution in [3.8, 4) is 5.75 Å². The van der Waals surface area contributed by atoms with E-state index >= 15 is 0 Å². The molecule has 2 aromatic rings. The van der Waals surface area contributed by atoms with Crippen molar-refractivity contribution in [2.75, 3.05) is 0 Å². The molecule has 0 aromatic heterocycles. The predicted octanol–water partition coefficient (Wildman–Crippen LogP) is 2.82. The van der Waals surface area contributed by atoms with Crippen LogP contribution in [0.3, 0.4) is 0 Å². The molecule has 7 nitrogen and oxygen atoms in total. The number of benzene rings is 2. The van der Waals surface area contributed by atoms with E-state index in [1.807, 2.05) is 31.2 Å². The maximum Gasteiger partial charge on any atom is 0.310 e. The van der Waals surface area contributed by atoms with Crippen molar-refractivity contribution >= 4 is 17.8 Å². The molecule has 1 amide bonds. The highest BCUT2D eigenvalue weighted by Crippen LogP contribution is 2.26. The van der Waals surface area contributed by atoms with Crippen molar-refractivity contribution in [2.24, 2.45) is 5.10 Å². The average molecular weight is 327 g/mol. The van der Waals surface area contributed by atoms with Crippen molar-refractivity contribution in [1.29, 1.82) is 0 Å². The summed E-state index contributed by atoms with van der Waals surface area (Å²) in [6, 6.07) is 13.5. The smallest absolute Gasteiger partial charge is 0.310 e. The lowest BCUT2D eigenvalue weighted by Crippen LogP contribution is -2.33. The zero-order valence-electron chi connectivity index (χ0n) is 13.3. The normalized spacial score (nSPS) is 11.9. The summed E-state index contributed by atoms with van der Waals surface area (Å²) in [5.41, 5.74) is 4.09. The molecule has 0 aliphatic carbocycles. The van der Waals surface area contributed by atoms with Crippen LogP contribution in [-0.2, 0) is 4.79 Å². The first-order chi connectivity index (χ1) is 11.5. The third kappa shape index (κ3) is 4.64. The molecule has 2 rings (SSSR count). The van der Waals surface area contributed by atoms with Crippen LogP contribution in [-0.4, -0.2) is 23.1 Å². The first kappa shape index (κ1) is 17.1. The van der Waals surface area contributed by atoms with E-state index in [-0.39, 0.29) is 11.4 Å². The summed E-state index contributed by atoms with van der Waals surface area (Å²) < 4.78 is 5.36. The van der Waals surface area contributed by atoms with Crippen LogP contribution < -0.4 is 10.2 Å². The quantitative estimate of drug-likeness (QED) is 0.501. The van der Waals surface area contributed by atoms with Crippen LogP contribution in [0.25, 0.3) is 0 Å². The SMILES string of the molecule is Cc1cccc(/C=N\NC(=O)[C@H](C)Oc2ccccc2[N+](=O)[O-])c1. The van der Waals surface area contributed by atoms with Crippen LogP contribution >= 0.6 is 0 Å². The van der Waals surface area contributed by atoms with Crippen LogP contribution in [0.2, 0.25) is 0 Å². The number of carbonyl (C=O) groups is 1. The number of para-hydroxylation sites is 2. The number of nitro benzene ring substituents is 1. The summed E-state index contributed by atoms with van der Waals surface area (Å²) in [5, 5.41) is 14.8. The number of hydrazone groups is 1. The zero-order chi connectivity index (χ0) is 17.5. The van der Waals surface area contributed by atoms with Gasteiger partial charge in [0, 0.05) is 6.07 Å². The third-order valence-electron chi connectivity index (χ3n) is 3.17. The Labute approximate surface area is 139 Å². The predicted molar refractivity (Wildman–Crippen MR) is 90.1 cm³/mol. The van der Waals surface area contributed by atoms with Crippen LogP contribution in [0, 0.1) is 17.0 Å². The Morgan fingerprint density at radius 1 is 1.29 bits per heavy atom. The van der Waals surface area contributed by atoms with E-state index in [1.165, 1.54) is 31.3 Å². The molecule has 1 N–H and O–H groups in total. The Hall–Kier alpha value is -3.22. The van der Waals surface area contributed by atoms with E-state index in [2.05, 4.69) is 10.5 Å². The number of rotatable bonds is 6. The van der Waals surface area contributed by atoms with Gasteiger partial charge < -0.3 is 4.74 Å². The first-order valence-electron chi connectivity index (χ1n) is 7.27. The molecule has 124 valence electrons. The van der Waals surface area contributed by atoms with E-state index in [0.717, 1.165) is 11.1 Å². The van der Waals surface area contributed by atoms with Gasteiger partial charge in [0.05, 0.1) is 11.1 Å². The lowest BCUT2D eigenvalue weighted by Gasteiger charge is -2.12. The maximum absolute atomic E-state index is 12.0. The van der Waals surface area contributed by atoms with Gasteiger partial charge in [-0.3, -0.25) is 14.9 Å². The monoisotopic (exact) mass is 327 g/mol. The van der Waals surface area contributed by atoms with Gasteiger partial charge in [-0.05, 0) is 25.5 Å². The van der Waals surface area contributed by atoms with Crippen LogP contribution in [0.4, 0.5) is 5.69 Å². The Morgan fingerprint density at radius 2 is 2.04 bits per heavy atom. The van der Waals surface area contributed by atoms with Crippen molar-refractivity contribution in [3.05, 3.63) is 69.8 Å². The van der Waals surface area contributed by atoms with Crippen molar-refractivity contribution < 1.29 is 14.5 Å². The molecular formula is C17H17N3O4. The van der Waals surface area contributed by atoms with Gasteiger partial charge in [-0.1, -0.05) is 42.0 Å². The number of hydrogen-bond donors (Lipinski definition) is 1. The zero-order valence-corrected chi connectivity index (χ0v) is 13.3. The summed E-state index contributed by atoms with van der Waals surface area (Å²) in [7, 11) is 0. The molecule has 2 aromatic carbocycles. The molecule has 1 atom stereocenters. The molecule has 0 heterocycles. The highest BCUT2D eigenvalue weighted by atomic mass is 16.6. The van der Waals surface area contributed by atoms with E-state index in [4.69, 9.17) is 4.74 Å². The fourth-order valence-electron chi connectivity index (χ4n) is 1.96. The molecule has 24 heavy (non-hydrogen) atoms. The minimum absolute atomic E-state index is 0.0350. The molecule has 0 aliphatic heterocycles. The molecule has 0 bridgehead atoms. The summed E-state index contributed by atoms with van der Waals surface area (Å²) >= 11 is 0. The summed E-state index contributed by atoms with van der Waals surface area (Å²) in [6.45, 7) is 3.45. The molecule has 0 aliphatic rings. The number of nitrogens with one attached hydrogen (secondary N) is 1. The maximum atomic E-state index is 12.0. The fourth-order valence-corrected chi connectivity index (χ4v) is 1.96. The van der Waals surface area contributed by atoms with Crippen molar-refractivity contribution in [3.63, 3.8) is 0 Å². The highest BCUT2D eigenvalue weighted by Gasteiger charge is 2.20. The lowest BCUT2D eigenvalue weighted by molar-refractivity contribution is -0.386. The Morgan fingerprint density at radius 3 is 2.75 bits per heavy atom. The molecule has 0 spiro atoms. The number of aryl methyl sites for hydroxylation is 1. The van der Waals surface area contributed by atoms with Gasteiger partial charge >= 0.3 is 5.69 Å². The highest BCUT2D eigenvalue weighted by molar-refractivity contribution is 5.84. The Bertz CT molecular complexity index is 774. The molecule has 7 heteroatoms. The van der Waals surface area contributed by atoms with Gasteiger partial charge in [-0.15, -0.1) is 0 Å². The second kappa shape index (κ2) is 7.87. The number of ether oxygens (including phenoxy) is 1. The lowest BCUT2D eigenvalue weighted by atomic mass is 10.2. The summed E-state index contributed by atoms with van der Waals surface area (Å²) in [5.74, 6) is -0.468. The molecule has 0 saturated carbocycles. The van der Waals surface area contributed by atoms with Crippen LogP contribution in [0.5, 0.6) is 5.75 Å². The summed E-state index contributed by atoms with van der Waals surface area (Å²) in [6.07, 6.45) is 0.587. The second-order valence-corrected chi connectivity index (χ2v) is 5.13. The van der Waals surface area contributed by atoms with Gasteiger partial charge in [-0.2, -0.15) is 5.10 Å². The average Bonchev–Trinajstić information content (AvgIpc) is 2.55. The molecule has 0 fully saturated rings. The molecule has 0 unspecified atom stereocenters. The molecule has 0 saturated heterocycles. The topological polar surface area (TPSA) is 93.8 Å². The molecule has 0 radical (unpaired) electrons. The van der Waals surface area contributed by atoms with Gasteiger partial charge in [0.25, 0.3) is 5.91 Å². The van der Waals surface area contributed by atoms with E-state index in [0.29, 0.717) is 0 Å². The molecular weight excluding hydrogens is 310 g/mol. The number of nitro groups is 1. The van der Waals surface area contributed by atoms with Crippen LogP contribution in [0.1, 0.15) is 18.1 Å². The standard InChI is InChI=1S/C17H17N3O4/c1-12-6-5-7-14(10-12)11-18-19-17(21)13(2)24-16-9-4-3-8-15(16)20(22)23/h3-11,13H,1-2H3,(H,19,21)/b18-11-/t13-/m0/s1.